The van der Waals surface area contributed by atoms with E-state index in [1.54, 1.807) is 16.7 Å². The number of nitrogens with one attached hydrogen (secondary N) is 1. The van der Waals surface area contributed by atoms with E-state index in [1.165, 1.54) is 45.7 Å². The summed E-state index contributed by atoms with van der Waals surface area (Å²) < 4.78 is 0. The first-order valence-electron chi connectivity index (χ1n) is 12.6. The minimum Gasteiger partial charge on any atom is -0.317 e. The van der Waals surface area contributed by atoms with E-state index in [9.17, 15) is 0 Å². The lowest BCUT2D eigenvalue weighted by molar-refractivity contribution is 0.245. The minimum atomic E-state index is 0.620. The summed E-state index contributed by atoms with van der Waals surface area (Å²) in [5.74, 6) is 2.01. The molecule has 0 aromatic heterocycles. The van der Waals surface area contributed by atoms with Gasteiger partial charge in [-0.3, -0.25) is 0 Å². The number of halogens is 1. The highest BCUT2D eigenvalue weighted by molar-refractivity contribution is 6.30. The lowest BCUT2D eigenvalue weighted by Crippen LogP contribution is -2.39. The summed E-state index contributed by atoms with van der Waals surface area (Å²) in [6, 6.07) is 22.3. The second-order valence-electron chi connectivity index (χ2n) is 10.2. The highest BCUT2D eigenvalue weighted by Gasteiger charge is 2.36. The summed E-state index contributed by atoms with van der Waals surface area (Å²) >= 11 is 6.20. The minimum absolute atomic E-state index is 0.620. The van der Waals surface area contributed by atoms with Crippen molar-refractivity contribution in [3.05, 3.63) is 103 Å². The molecule has 1 nitrogen and oxygen atoms in total. The van der Waals surface area contributed by atoms with Crippen molar-refractivity contribution in [1.29, 1.82) is 0 Å². The Morgan fingerprint density at radius 1 is 0.879 bits per heavy atom. The van der Waals surface area contributed by atoms with E-state index >= 15 is 0 Å². The van der Waals surface area contributed by atoms with Gasteiger partial charge in [0.15, 0.2) is 0 Å². The van der Waals surface area contributed by atoms with Crippen LogP contribution in [0.2, 0.25) is 5.02 Å². The van der Waals surface area contributed by atoms with Crippen LogP contribution in [-0.4, -0.2) is 13.1 Å². The third-order valence-corrected chi connectivity index (χ3v) is 8.56. The van der Waals surface area contributed by atoms with Crippen molar-refractivity contribution >= 4 is 23.3 Å². The average molecular weight is 454 g/mol. The number of hydrogen-bond acceptors (Lipinski definition) is 1. The first-order chi connectivity index (χ1) is 16.2. The Morgan fingerprint density at radius 3 is 2.45 bits per heavy atom. The monoisotopic (exact) mass is 453 g/mol. The quantitative estimate of drug-likeness (QED) is 0.553. The number of piperidine rings is 1. The molecule has 3 aliphatic rings. The number of hydrogen-bond donors (Lipinski definition) is 1. The van der Waals surface area contributed by atoms with Crippen LogP contribution in [0.5, 0.6) is 0 Å². The number of fused-ring (bicyclic) bond motifs is 4. The molecule has 1 saturated heterocycles. The Kier molecular flexibility index (Phi) is 5.64. The molecule has 3 aromatic carbocycles. The molecule has 0 bridgehead atoms. The Morgan fingerprint density at radius 2 is 1.64 bits per heavy atom. The van der Waals surface area contributed by atoms with E-state index < -0.39 is 0 Å². The van der Waals surface area contributed by atoms with Gasteiger partial charge in [-0.25, -0.2) is 0 Å². The van der Waals surface area contributed by atoms with Gasteiger partial charge in [-0.05, 0) is 120 Å². The van der Waals surface area contributed by atoms with Crippen LogP contribution in [0.4, 0.5) is 0 Å². The zero-order valence-electron chi connectivity index (χ0n) is 19.4. The van der Waals surface area contributed by atoms with Gasteiger partial charge in [0, 0.05) is 5.02 Å². The Balaban J connectivity index is 1.55. The molecule has 1 fully saturated rings. The molecule has 0 spiro atoms. The zero-order chi connectivity index (χ0) is 22.4. The molecular weight excluding hydrogens is 422 g/mol. The van der Waals surface area contributed by atoms with Gasteiger partial charge in [0.2, 0.25) is 0 Å². The first-order valence-corrected chi connectivity index (χ1v) is 12.9. The van der Waals surface area contributed by atoms with Crippen molar-refractivity contribution in [2.75, 3.05) is 13.1 Å². The fourth-order valence-corrected chi connectivity index (χ4v) is 6.96. The van der Waals surface area contributed by atoms with Crippen LogP contribution in [0.3, 0.4) is 0 Å². The highest BCUT2D eigenvalue weighted by atomic mass is 35.5. The number of rotatable bonds is 3. The third kappa shape index (κ3) is 3.86. The highest BCUT2D eigenvalue weighted by Crippen LogP contribution is 2.44. The maximum atomic E-state index is 6.20. The van der Waals surface area contributed by atoms with E-state index in [0.717, 1.165) is 36.9 Å². The van der Waals surface area contributed by atoms with Crippen LogP contribution < -0.4 is 15.8 Å². The molecule has 0 amide bonds. The molecule has 2 aliphatic carbocycles. The normalized spacial score (nSPS) is 22.2. The van der Waals surface area contributed by atoms with Gasteiger partial charge in [0.25, 0.3) is 0 Å². The summed E-state index contributed by atoms with van der Waals surface area (Å²) in [4.78, 5) is 0. The van der Waals surface area contributed by atoms with Crippen molar-refractivity contribution < 1.29 is 0 Å². The van der Waals surface area contributed by atoms with Crippen LogP contribution in [0.1, 0.15) is 48.8 Å². The fourth-order valence-electron chi connectivity index (χ4n) is 6.83. The predicted molar refractivity (Wildman–Crippen MR) is 139 cm³/mol. The molecule has 3 aromatic rings. The zero-order valence-corrected chi connectivity index (χ0v) is 20.2. The van der Waals surface area contributed by atoms with Crippen LogP contribution in [0.25, 0.3) is 11.6 Å². The Bertz CT molecular complexity index is 1400. The van der Waals surface area contributed by atoms with E-state index in [-0.39, 0.29) is 0 Å². The predicted octanol–water partition coefficient (Wildman–Crippen LogP) is 5.48. The second kappa shape index (κ2) is 8.78. The molecule has 0 radical (unpaired) electrons. The first kappa shape index (κ1) is 21.2. The van der Waals surface area contributed by atoms with Gasteiger partial charge in [-0.15, -0.1) is 0 Å². The maximum absolute atomic E-state index is 6.20. The van der Waals surface area contributed by atoms with Crippen molar-refractivity contribution in [3.63, 3.8) is 0 Å². The van der Waals surface area contributed by atoms with Crippen molar-refractivity contribution in [3.8, 4) is 0 Å². The van der Waals surface area contributed by atoms with Crippen LogP contribution in [0, 0.1) is 22.3 Å². The smallest absolute Gasteiger partial charge is 0.0406 e. The molecule has 0 saturated carbocycles. The lowest BCUT2D eigenvalue weighted by Gasteiger charge is -2.41. The summed E-state index contributed by atoms with van der Waals surface area (Å²) in [6.07, 6.45) is 8.40. The van der Waals surface area contributed by atoms with Gasteiger partial charge in [-0.2, -0.15) is 0 Å². The molecule has 1 N–H and O–H groups in total. The molecule has 6 rings (SSSR count). The van der Waals surface area contributed by atoms with E-state index in [0.29, 0.717) is 11.8 Å². The summed E-state index contributed by atoms with van der Waals surface area (Å²) in [6.45, 7) is 4.67. The molecule has 2 atom stereocenters. The van der Waals surface area contributed by atoms with Gasteiger partial charge in [0.1, 0.15) is 0 Å². The fraction of sp³-hybridized carbons (Fsp3) is 0.355. The van der Waals surface area contributed by atoms with Gasteiger partial charge < -0.3 is 5.32 Å². The largest absolute Gasteiger partial charge is 0.317 e. The van der Waals surface area contributed by atoms with Gasteiger partial charge >= 0.3 is 0 Å². The average Bonchev–Trinajstić information content (AvgIpc) is 2.86. The Hall–Kier alpha value is -2.35. The summed E-state index contributed by atoms with van der Waals surface area (Å²) in [7, 11) is 0. The van der Waals surface area contributed by atoms with E-state index in [4.69, 9.17) is 11.6 Å². The van der Waals surface area contributed by atoms with Crippen LogP contribution in [-0.2, 0) is 12.8 Å². The Labute approximate surface area is 201 Å². The SMILES string of the molecule is CC1=c2ccc3c(c2C(C2CCNCC2)C(Cc2ccc(Cl)cc2)C1)CC=c1ccccc1=3. The maximum Gasteiger partial charge on any atom is 0.0406 e. The topological polar surface area (TPSA) is 12.0 Å². The van der Waals surface area contributed by atoms with Crippen molar-refractivity contribution in [2.45, 2.75) is 44.9 Å². The molecule has 1 aliphatic heterocycles. The molecule has 1 heterocycles. The number of benzene rings is 3. The summed E-state index contributed by atoms with van der Waals surface area (Å²) in [5, 5.41) is 10.2. The second-order valence-corrected chi connectivity index (χ2v) is 10.7. The van der Waals surface area contributed by atoms with Gasteiger partial charge in [-0.1, -0.05) is 71.8 Å². The molecule has 2 unspecified atom stereocenters. The van der Waals surface area contributed by atoms with Crippen LogP contribution in [0.15, 0.2) is 60.7 Å². The summed E-state index contributed by atoms with van der Waals surface area (Å²) in [5.41, 5.74) is 6.25. The third-order valence-electron chi connectivity index (χ3n) is 8.31. The van der Waals surface area contributed by atoms with Gasteiger partial charge in [0.05, 0.1) is 0 Å². The standard InChI is InChI=1S/C31H32ClN/c1-20-18-24(19-21-6-9-25(32)10-7-21)30(23-14-16-33-17-15-23)31-26(20)12-13-28-27-5-3-2-4-22(27)8-11-29(28)31/h2-10,12-13,23-24,30,33H,11,14-19H2,1H3. The molecule has 2 heteroatoms. The molecule has 168 valence electrons. The van der Waals surface area contributed by atoms with E-state index in [1.807, 2.05) is 0 Å². The lowest BCUT2D eigenvalue weighted by atomic mass is 9.64. The van der Waals surface area contributed by atoms with E-state index in [2.05, 4.69) is 79.0 Å². The van der Waals surface area contributed by atoms with Crippen molar-refractivity contribution in [2.24, 2.45) is 11.8 Å². The van der Waals surface area contributed by atoms with Crippen molar-refractivity contribution in [1.82, 2.24) is 5.32 Å². The molecule has 33 heavy (non-hydrogen) atoms. The van der Waals surface area contributed by atoms with Crippen LogP contribution >= 0.6 is 11.6 Å². The molecular formula is C31H32ClN.